The van der Waals surface area contributed by atoms with Crippen molar-refractivity contribution < 1.29 is 35.5 Å². The summed E-state index contributed by atoms with van der Waals surface area (Å²) < 4.78 is 97.9. The Morgan fingerprint density at radius 1 is 0.605 bits per heavy atom. The Bertz CT molecular complexity index is 1420. The van der Waals surface area contributed by atoms with E-state index in [0.717, 1.165) is 36.1 Å². The monoisotopic (exact) mass is 534 g/mol. The van der Waals surface area contributed by atoms with E-state index in [1.807, 2.05) is 25.1 Å². The molecule has 0 saturated carbocycles. The van der Waals surface area contributed by atoms with Gasteiger partial charge < -0.3 is 4.74 Å². The van der Waals surface area contributed by atoms with E-state index in [4.69, 9.17) is 0 Å². The molecule has 4 aromatic rings. The molecule has 0 N–H and O–H groups in total. The van der Waals surface area contributed by atoms with E-state index in [1.165, 1.54) is 0 Å². The second-order valence-electron chi connectivity index (χ2n) is 9.21. The SMILES string of the molecule is CCCc1ccc(CCc2ccc3c(F)c(CCc4cc(F)c(OC(F)(F)F)c(F)c4)ccc3c2)c(F)c1. The average molecular weight is 535 g/mol. The number of hydrogen-bond acceptors (Lipinski definition) is 1. The van der Waals surface area contributed by atoms with Crippen molar-refractivity contribution in [2.75, 3.05) is 0 Å². The van der Waals surface area contributed by atoms with Crippen LogP contribution in [0.4, 0.5) is 30.7 Å². The molecular weight excluding hydrogens is 509 g/mol. The van der Waals surface area contributed by atoms with Gasteiger partial charge in [0.2, 0.25) is 5.75 Å². The van der Waals surface area contributed by atoms with Crippen LogP contribution in [0, 0.1) is 23.3 Å². The van der Waals surface area contributed by atoms with E-state index in [2.05, 4.69) is 4.74 Å². The highest BCUT2D eigenvalue weighted by Gasteiger charge is 2.34. The van der Waals surface area contributed by atoms with Crippen LogP contribution in [0.25, 0.3) is 10.8 Å². The number of hydrogen-bond donors (Lipinski definition) is 0. The number of benzene rings is 4. The summed E-state index contributed by atoms with van der Waals surface area (Å²) >= 11 is 0. The van der Waals surface area contributed by atoms with Gasteiger partial charge >= 0.3 is 6.36 Å². The highest BCUT2D eigenvalue weighted by Crippen LogP contribution is 2.30. The van der Waals surface area contributed by atoms with Crippen LogP contribution in [0.15, 0.2) is 60.7 Å². The fourth-order valence-corrected chi connectivity index (χ4v) is 4.50. The Kier molecular flexibility index (Phi) is 8.29. The average Bonchev–Trinajstić information content (AvgIpc) is 2.85. The third-order valence-electron chi connectivity index (χ3n) is 6.40. The van der Waals surface area contributed by atoms with Gasteiger partial charge in [-0.1, -0.05) is 55.8 Å². The van der Waals surface area contributed by atoms with Gasteiger partial charge in [0.05, 0.1) is 0 Å². The normalized spacial score (nSPS) is 11.8. The summed E-state index contributed by atoms with van der Waals surface area (Å²) in [6.45, 7) is 2.04. The van der Waals surface area contributed by atoms with E-state index in [0.29, 0.717) is 34.7 Å². The van der Waals surface area contributed by atoms with Crippen LogP contribution >= 0.6 is 0 Å². The highest BCUT2D eigenvalue weighted by molar-refractivity contribution is 5.84. The van der Waals surface area contributed by atoms with Crippen molar-refractivity contribution in [3.8, 4) is 5.75 Å². The van der Waals surface area contributed by atoms with Crippen molar-refractivity contribution in [1.29, 1.82) is 0 Å². The van der Waals surface area contributed by atoms with Gasteiger partial charge in [-0.2, -0.15) is 0 Å². The lowest BCUT2D eigenvalue weighted by Gasteiger charge is -2.12. The highest BCUT2D eigenvalue weighted by atomic mass is 19.4. The quantitative estimate of drug-likeness (QED) is 0.195. The number of rotatable bonds is 9. The fourth-order valence-electron chi connectivity index (χ4n) is 4.50. The molecule has 0 aliphatic heterocycles. The Hall–Kier alpha value is -3.55. The van der Waals surface area contributed by atoms with Gasteiger partial charge in [-0.05, 0) is 83.5 Å². The van der Waals surface area contributed by atoms with Crippen LogP contribution in [-0.4, -0.2) is 6.36 Å². The molecule has 38 heavy (non-hydrogen) atoms. The Morgan fingerprint density at radius 2 is 1.18 bits per heavy atom. The molecule has 0 fully saturated rings. The number of halogens is 7. The standard InChI is InChI=1S/C30H25F7O/c1-2-3-18-4-8-21(25(31)15-18)9-5-19-7-13-24-23(14-19)12-11-22(28(24)34)10-6-20-16-26(32)29(27(33)17-20)38-30(35,36)37/h4,7-8,11-17H,2-3,5-6,9-10H2,1H3. The smallest absolute Gasteiger partial charge is 0.399 e. The van der Waals surface area contributed by atoms with Gasteiger partial charge in [-0.15, -0.1) is 13.2 Å². The first-order valence-corrected chi connectivity index (χ1v) is 12.2. The van der Waals surface area contributed by atoms with Crippen LogP contribution in [0.3, 0.4) is 0 Å². The second kappa shape index (κ2) is 11.5. The summed E-state index contributed by atoms with van der Waals surface area (Å²) in [5, 5.41) is 1.03. The minimum atomic E-state index is -5.23. The molecule has 0 amide bonds. The summed E-state index contributed by atoms with van der Waals surface area (Å²) in [5.74, 6) is -5.20. The van der Waals surface area contributed by atoms with Crippen molar-refractivity contribution in [1.82, 2.24) is 0 Å². The molecule has 1 nitrogen and oxygen atoms in total. The number of fused-ring (bicyclic) bond motifs is 1. The molecule has 0 radical (unpaired) electrons. The first-order valence-electron chi connectivity index (χ1n) is 12.2. The lowest BCUT2D eigenvalue weighted by atomic mass is 9.97. The van der Waals surface area contributed by atoms with E-state index in [9.17, 15) is 26.3 Å². The number of ether oxygens (including phenoxy) is 1. The maximum absolute atomic E-state index is 15.2. The third-order valence-corrected chi connectivity index (χ3v) is 6.40. The Morgan fingerprint density at radius 3 is 1.84 bits per heavy atom. The van der Waals surface area contributed by atoms with Crippen LogP contribution in [0.2, 0.25) is 0 Å². The zero-order chi connectivity index (χ0) is 27.4. The molecule has 4 aromatic carbocycles. The molecule has 4 rings (SSSR count). The van der Waals surface area contributed by atoms with Crippen LogP contribution in [0.5, 0.6) is 5.75 Å². The van der Waals surface area contributed by atoms with Gasteiger partial charge in [0.25, 0.3) is 0 Å². The topological polar surface area (TPSA) is 9.23 Å². The number of aryl methyl sites for hydroxylation is 5. The molecule has 0 spiro atoms. The molecule has 0 aliphatic carbocycles. The van der Waals surface area contributed by atoms with Crippen LogP contribution < -0.4 is 4.74 Å². The van der Waals surface area contributed by atoms with Crippen LogP contribution in [0.1, 0.15) is 41.2 Å². The summed E-state index contributed by atoms with van der Waals surface area (Å²) in [6, 6.07) is 15.4. The van der Waals surface area contributed by atoms with Gasteiger partial charge in [0, 0.05) is 5.39 Å². The van der Waals surface area contributed by atoms with Crippen molar-refractivity contribution in [2.24, 2.45) is 0 Å². The Balaban J connectivity index is 1.44. The summed E-state index contributed by atoms with van der Waals surface area (Å²) in [6.07, 6.45) is -2.30. The largest absolute Gasteiger partial charge is 0.573 e. The zero-order valence-electron chi connectivity index (χ0n) is 20.6. The molecule has 0 aromatic heterocycles. The molecular formula is C30H25F7O. The molecule has 0 heterocycles. The first-order chi connectivity index (χ1) is 18.0. The molecule has 0 saturated heterocycles. The molecule has 0 bridgehead atoms. The van der Waals surface area contributed by atoms with Crippen molar-refractivity contribution >= 4 is 10.8 Å². The maximum atomic E-state index is 15.2. The summed E-state index contributed by atoms with van der Waals surface area (Å²) in [7, 11) is 0. The van der Waals surface area contributed by atoms with E-state index in [1.54, 1.807) is 30.3 Å². The zero-order valence-corrected chi connectivity index (χ0v) is 20.6. The lowest BCUT2D eigenvalue weighted by Crippen LogP contribution is -2.19. The van der Waals surface area contributed by atoms with Gasteiger partial charge in [0.1, 0.15) is 11.6 Å². The molecule has 200 valence electrons. The minimum absolute atomic E-state index is 0.00323. The lowest BCUT2D eigenvalue weighted by molar-refractivity contribution is -0.276. The number of alkyl halides is 3. The van der Waals surface area contributed by atoms with E-state index >= 15 is 4.39 Å². The maximum Gasteiger partial charge on any atom is 0.573 e. The fraction of sp³-hybridized carbons (Fsp3) is 0.267. The predicted molar refractivity (Wildman–Crippen MR) is 132 cm³/mol. The van der Waals surface area contributed by atoms with Crippen molar-refractivity contribution in [2.45, 2.75) is 51.8 Å². The van der Waals surface area contributed by atoms with Gasteiger partial charge in [-0.25, -0.2) is 17.6 Å². The Labute approximate surface area is 215 Å². The molecule has 0 unspecified atom stereocenters. The predicted octanol–water partition coefficient (Wildman–Crippen LogP) is 8.82. The molecule has 8 heteroatoms. The first kappa shape index (κ1) is 27.5. The van der Waals surface area contributed by atoms with Gasteiger partial charge in [-0.3, -0.25) is 0 Å². The summed E-state index contributed by atoms with van der Waals surface area (Å²) in [4.78, 5) is 0. The van der Waals surface area contributed by atoms with Crippen molar-refractivity contribution in [3.05, 3.63) is 112 Å². The molecule has 0 atom stereocenters. The molecule has 0 aliphatic rings. The van der Waals surface area contributed by atoms with Gasteiger partial charge in [0.15, 0.2) is 11.6 Å². The van der Waals surface area contributed by atoms with E-state index in [-0.39, 0.29) is 24.2 Å². The van der Waals surface area contributed by atoms with Crippen LogP contribution in [-0.2, 0) is 32.1 Å². The third kappa shape index (κ3) is 6.65. The van der Waals surface area contributed by atoms with E-state index < -0.39 is 29.6 Å². The minimum Gasteiger partial charge on any atom is -0.399 e. The summed E-state index contributed by atoms with van der Waals surface area (Å²) in [5.41, 5.74) is 2.88. The second-order valence-corrected chi connectivity index (χ2v) is 9.21. The van der Waals surface area contributed by atoms with Crippen molar-refractivity contribution in [3.63, 3.8) is 0 Å².